The Hall–Kier alpha value is -2.60. The molecule has 7 rings (SSSR count). The van der Waals surface area contributed by atoms with Gasteiger partial charge in [-0.25, -0.2) is 4.52 Å². The summed E-state index contributed by atoms with van der Waals surface area (Å²) >= 11 is 0. The largest absolute Gasteiger partial charge is 0.389 e. The first kappa shape index (κ1) is 18.0. The van der Waals surface area contributed by atoms with Gasteiger partial charge >= 0.3 is 0 Å². The number of fused-ring (bicyclic) bond motifs is 2. The maximum absolute atomic E-state index is 12.3. The fourth-order valence-electron chi connectivity index (χ4n) is 8.04. The standard InChI is InChI=1S/C25H28N4O2/c1-13-2-4-15(5-3-13)16-7-20-21(17(23(26)30)11-27-29(20)12-16)28-22-18-6-14-8-24(31)10-19(22)25(18,24)9-14/h2,4-5,7,11-14,18-19,22,28,31H,3,6,8-10H2,1H3,(H2,26,30). The maximum atomic E-state index is 12.3. The van der Waals surface area contributed by atoms with Crippen LogP contribution < -0.4 is 11.1 Å². The van der Waals surface area contributed by atoms with E-state index in [9.17, 15) is 9.90 Å². The molecule has 6 nitrogen and oxygen atoms in total. The number of aromatic nitrogens is 2. The summed E-state index contributed by atoms with van der Waals surface area (Å²) in [4.78, 5) is 12.3. The molecular weight excluding hydrogens is 388 g/mol. The summed E-state index contributed by atoms with van der Waals surface area (Å²) in [6.07, 6.45) is 15.5. The molecule has 5 aliphatic rings. The summed E-state index contributed by atoms with van der Waals surface area (Å²) in [6.45, 7) is 2.21. The minimum Gasteiger partial charge on any atom is -0.389 e. The topological polar surface area (TPSA) is 92.6 Å². The van der Waals surface area contributed by atoms with Gasteiger partial charge in [0.25, 0.3) is 5.91 Å². The minimum absolute atomic E-state index is 0.132. The molecule has 4 saturated carbocycles. The number of allylic oxidation sites excluding steroid dienone is 4. The van der Waals surface area contributed by atoms with Crippen LogP contribution in [0.25, 0.3) is 11.1 Å². The lowest BCUT2D eigenvalue weighted by Crippen LogP contribution is -2.78. The summed E-state index contributed by atoms with van der Waals surface area (Å²) in [5.74, 6) is 1.74. The van der Waals surface area contributed by atoms with E-state index in [2.05, 4.69) is 41.6 Å². The number of aliphatic hydroxyl groups is 1. The summed E-state index contributed by atoms with van der Waals surface area (Å²) in [7, 11) is 0. The van der Waals surface area contributed by atoms with Crippen LogP contribution in [0.1, 0.15) is 54.9 Å². The summed E-state index contributed by atoms with van der Waals surface area (Å²) < 4.78 is 1.85. The lowest BCUT2D eigenvalue weighted by atomic mass is 9.34. The van der Waals surface area contributed by atoms with Crippen molar-refractivity contribution in [3.8, 4) is 0 Å². The van der Waals surface area contributed by atoms with Crippen LogP contribution in [0.2, 0.25) is 0 Å². The van der Waals surface area contributed by atoms with Crippen LogP contribution in [0, 0.1) is 29.1 Å². The molecule has 1 amide bonds. The molecule has 0 aliphatic heterocycles. The first-order chi connectivity index (χ1) is 14.9. The monoisotopic (exact) mass is 416 g/mol. The van der Waals surface area contributed by atoms with E-state index < -0.39 is 11.5 Å². The Balaban J connectivity index is 1.28. The van der Waals surface area contributed by atoms with Gasteiger partial charge in [-0.3, -0.25) is 4.79 Å². The van der Waals surface area contributed by atoms with E-state index in [0.717, 1.165) is 36.0 Å². The average molecular weight is 417 g/mol. The van der Waals surface area contributed by atoms with Gasteiger partial charge in [-0.05, 0) is 67.4 Å². The fourth-order valence-corrected chi connectivity index (χ4v) is 8.04. The second-order valence-corrected chi connectivity index (χ2v) is 10.8. The van der Waals surface area contributed by atoms with Gasteiger partial charge < -0.3 is 16.2 Å². The Bertz CT molecular complexity index is 1210. The first-order valence-corrected chi connectivity index (χ1v) is 11.6. The molecule has 2 heterocycles. The molecule has 0 radical (unpaired) electrons. The van der Waals surface area contributed by atoms with Crippen molar-refractivity contribution in [3.05, 3.63) is 47.8 Å². The first-order valence-electron chi connectivity index (χ1n) is 11.6. The van der Waals surface area contributed by atoms with Crippen LogP contribution in [0.5, 0.6) is 0 Å². The second kappa shape index (κ2) is 5.60. The van der Waals surface area contributed by atoms with Crippen LogP contribution in [0.3, 0.4) is 0 Å². The lowest BCUT2D eigenvalue weighted by molar-refractivity contribution is -0.290. The van der Waals surface area contributed by atoms with E-state index in [1.807, 2.05) is 10.7 Å². The second-order valence-electron chi connectivity index (χ2n) is 10.8. The Labute approximate surface area is 181 Å². The molecule has 7 unspecified atom stereocenters. The third-order valence-corrected chi connectivity index (χ3v) is 9.32. The van der Waals surface area contributed by atoms with Gasteiger partial charge in [0.1, 0.15) is 0 Å². The number of nitrogens with zero attached hydrogens (tertiary/aromatic N) is 2. The Morgan fingerprint density at radius 3 is 2.94 bits per heavy atom. The van der Waals surface area contributed by atoms with E-state index >= 15 is 0 Å². The van der Waals surface area contributed by atoms with E-state index in [0.29, 0.717) is 35.3 Å². The van der Waals surface area contributed by atoms with Crippen LogP contribution in [-0.4, -0.2) is 32.3 Å². The van der Waals surface area contributed by atoms with Crippen molar-refractivity contribution < 1.29 is 9.90 Å². The van der Waals surface area contributed by atoms with Crippen LogP contribution >= 0.6 is 0 Å². The van der Waals surface area contributed by atoms with E-state index in [4.69, 9.17) is 5.73 Å². The van der Waals surface area contributed by atoms with E-state index in [1.54, 1.807) is 6.20 Å². The Morgan fingerprint density at radius 2 is 2.19 bits per heavy atom. The van der Waals surface area contributed by atoms with Crippen molar-refractivity contribution in [3.63, 3.8) is 0 Å². The molecule has 4 N–H and O–H groups in total. The van der Waals surface area contributed by atoms with Crippen molar-refractivity contribution in [2.24, 2.45) is 34.8 Å². The zero-order chi connectivity index (χ0) is 21.1. The number of hydrogen-bond acceptors (Lipinski definition) is 4. The van der Waals surface area contributed by atoms with E-state index in [1.165, 1.54) is 18.4 Å². The molecule has 1 spiro atoms. The van der Waals surface area contributed by atoms with Crippen molar-refractivity contribution >= 4 is 22.7 Å². The number of nitrogens with one attached hydrogen (secondary N) is 1. The highest BCUT2D eigenvalue weighted by molar-refractivity contribution is 6.02. The van der Waals surface area contributed by atoms with Gasteiger partial charge in [-0.1, -0.05) is 25.2 Å². The molecule has 0 saturated heterocycles. The third kappa shape index (κ3) is 2.07. The molecule has 160 valence electrons. The normalized spacial score (nSPS) is 41.5. The molecule has 31 heavy (non-hydrogen) atoms. The van der Waals surface area contributed by atoms with Gasteiger partial charge in [-0.2, -0.15) is 5.10 Å². The van der Waals surface area contributed by atoms with Crippen LogP contribution in [-0.2, 0) is 0 Å². The summed E-state index contributed by atoms with van der Waals surface area (Å²) in [5, 5.41) is 19.3. The predicted molar refractivity (Wildman–Crippen MR) is 118 cm³/mol. The number of hydrogen-bond donors (Lipinski definition) is 3. The molecule has 4 fully saturated rings. The highest BCUT2D eigenvalue weighted by atomic mass is 16.3. The van der Waals surface area contributed by atoms with Crippen molar-refractivity contribution in [2.45, 2.75) is 50.7 Å². The number of rotatable bonds is 4. The highest BCUT2D eigenvalue weighted by Gasteiger charge is 2.84. The molecular formula is C25H28N4O2. The third-order valence-electron chi connectivity index (χ3n) is 9.32. The number of nitrogens with two attached hydrogens (primary N) is 1. The Kier molecular flexibility index (Phi) is 3.25. The number of amides is 1. The fraction of sp³-hybridized carbons (Fsp3) is 0.520. The lowest BCUT2D eigenvalue weighted by Gasteiger charge is -2.74. The zero-order valence-electron chi connectivity index (χ0n) is 17.7. The maximum Gasteiger partial charge on any atom is 0.252 e. The molecule has 2 bridgehead atoms. The number of anilines is 1. The Morgan fingerprint density at radius 1 is 1.32 bits per heavy atom. The zero-order valence-corrected chi connectivity index (χ0v) is 17.7. The number of primary amides is 1. The van der Waals surface area contributed by atoms with Gasteiger partial charge in [0.05, 0.1) is 28.6 Å². The van der Waals surface area contributed by atoms with Gasteiger partial charge in [0.15, 0.2) is 0 Å². The van der Waals surface area contributed by atoms with Gasteiger partial charge in [-0.15, -0.1) is 0 Å². The smallest absolute Gasteiger partial charge is 0.252 e. The summed E-state index contributed by atoms with van der Waals surface area (Å²) in [6, 6.07) is 2.41. The van der Waals surface area contributed by atoms with Crippen molar-refractivity contribution in [1.82, 2.24) is 9.61 Å². The SMILES string of the molecule is CC1C=CC(c2cc3c(NC4C5CC6CC7(O)CC4C57C6)c(C(N)=O)cnn3c2)=CC1. The van der Waals surface area contributed by atoms with Gasteiger partial charge in [0.2, 0.25) is 0 Å². The number of carbonyl (C=O) groups excluding carboxylic acids is 1. The predicted octanol–water partition coefficient (Wildman–Crippen LogP) is 3.37. The van der Waals surface area contributed by atoms with Crippen molar-refractivity contribution in [2.75, 3.05) is 5.32 Å². The molecule has 2 aromatic heterocycles. The average Bonchev–Trinajstić information content (AvgIpc) is 3.38. The quantitative estimate of drug-likeness (QED) is 0.712. The minimum atomic E-state index is -0.460. The van der Waals surface area contributed by atoms with Crippen LogP contribution in [0.4, 0.5) is 5.69 Å². The molecule has 7 atom stereocenters. The molecule has 2 aromatic rings. The molecule has 6 heteroatoms. The number of carbonyl (C=O) groups is 1. The van der Waals surface area contributed by atoms with E-state index in [-0.39, 0.29) is 5.41 Å². The molecule has 5 aliphatic carbocycles. The van der Waals surface area contributed by atoms with Crippen LogP contribution in [0.15, 0.2) is 36.7 Å². The summed E-state index contributed by atoms with van der Waals surface area (Å²) in [5.41, 5.74) is 9.86. The molecule has 0 aromatic carbocycles. The van der Waals surface area contributed by atoms with Gasteiger partial charge in [0, 0.05) is 23.2 Å². The highest BCUT2D eigenvalue weighted by Crippen LogP contribution is 2.82. The van der Waals surface area contributed by atoms with Crippen molar-refractivity contribution in [1.29, 1.82) is 0 Å².